The Morgan fingerprint density at radius 1 is 1.14 bits per heavy atom. The molecule has 2 aromatic heterocycles. The van der Waals surface area contributed by atoms with E-state index in [0.717, 1.165) is 23.1 Å². The number of nitrogens with one attached hydrogen (secondary N) is 1. The molecule has 142 valence electrons. The van der Waals surface area contributed by atoms with Crippen molar-refractivity contribution in [3.8, 4) is 11.4 Å². The van der Waals surface area contributed by atoms with Crippen molar-refractivity contribution in [2.24, 2.45) is 0 Å². The number of H-pyrrole nitrogens is 1. The van der Waals surface area contributed by atoms with E-state index in [9.17, 15) is 4.79 Å². The molecule has 0 aliphatic rings. The van der Waals surface area contributed by atoms with E-state index in [1.165, 1.54) is 11.8 Å². The van der Waals surface area contributed by atoms with Gasteiger partial charge in [-0.1, -0.05) is 35.5 Å². The van der Waals surface area contributed by atoms with Crippen LogP contribution in [0.5, 0.6) is 0 Å². The van der Waals surface area contributed by atoms with Crippen LogP contribution in [0.25, 0.3) is 22.3 Å². The van der Waals surface area contributed by atoms with E-state index in [1.54, 1.807) is 6.07 Å². The number of aromatic amines is 1. The maximum absolute atomic E-state index is 12.3. The molecular weight excluding hydrogens is 394 g/mol. The zero-order valence-electron chi connectivity index (χ0n) is 15.4. The fourth-order valence-corrected chi connectivity index (χ4v) is 4.08. The lowest BCUT2D eigenvalue weighted by Gasteiger charge is -2.12. The predicted octanol–water partition coefficient (Wildman–Crippen LogP) is 4.71. The van der Waals surface area contributed by atoms with Crippen molar-refractivity contribution in [1.29, 1.82) is 0 Å². The SMILES string of the molecule is CCn1c(SC(C)c2nc3ccccc3c(=O)[nH]2)nnc1-c1ccc(Cl)cc1. The fraction of sp³-hybridized carbons (Fsp3) is 0.200. The highest BCUT2D eigenvalue weighted by atomic mass is 35.5. The summed E-state index contributed by atoms with van der Waals surface area (Å²) in [7, 11) is 0. The van der Waals surface area contributed by atoms with Gasteiger partial charge in [-0.2, -0.15) is 0 Å². The molecule has 0 aliphatic heterocycles. The number of halogens is 1. The largest absolute Gasteiger partial charge is 0.309 e. The second-order valence-corrected chi connectivity index (χ2v) is 8.03. The van der Waals surface area contributed by atoms with Gasteiger partial charge >= 0.3 is 0 Å². The van der Waals surface area contributed by atoms with Gasteiger partial charge in [-0.3, -0.25) is 4.79 Å². The third kappa shape index (κ3) is 3.55. The maximum Gasteiger partial charge on any atom is 0.258 e. The van der Waals surface area contributed by atoms with Gasteiger partial charge < -0.3 is 9.55 Å². The van der Waals surface area contributed by atoms with E-state index in [2.05, 4.69) is 20.2 Å². The molecule has 1 atom stereocenters. The first-order chi connectivity index (χ1) is 13.6. The van der Waals surface area contributed by atoms with Crippen LogP contribution in [0.15, 0.2) is 58.5 Å². The van der Waals surface area contributed by atoms with Gasteiger partial charge in [0.2, 0.25) is 0 Å². The Bertz CT molecular complexity index is 1190. The molecule has 0 spiro atoms. The first kappa shape index (κ1) is 18.7. The summed E-state index contributed by atoms with van der Waals surface area (Å²) in [6.45, 7) is 4.77. The van der Waals surface area contributed by atoms with Gasteiger partial charge in [-0.25, -0.2) is 4.98 Å². The van der Waals surface area contributed by atoms with Gasteiger partial charge in [-0.15, -0.1) is 10.2 Å². The smallest absolute Gasteiger partial charge is 0.258 e. The molecule has 0 aliphatic carbocycles. The lowest BCUT2D eigenvalue weighted by atomic mass is 10.2. The third-order valence-electron chi connectivity index (χ3n) is 4.43. The topological polar surface area (TPSA) is 76.5 Å². The number of fused-ring (bicyclic) bond motifs is 1. The minimum atomic E-state index is -0.133. The molecule has 6 nitrogen and oxygen atoms in total. The van der Waals surface area contributed by atoms with E-state index >= 15 is 0 Å². The molecule has 4 rings (SSSR count). The monoisotopic (exact) mass is 411 g/mol. The molecule has 0 fully saturated rings. The lowest BCUT2D eigenvalue weighted by Crippen LogP contribution is -2.13. The fourth-order valence-electron chi connectivity index (χ4n) is 2.98. The maximum atomic E-state index is 12.3. The minimum absolute atomic E-state index is 0.0927. The Kier molecular flexibility index (Phi) is 5.19. The summed E-state index contributed by atoms with van der Waals surface area (Å²) in [5.74, 6) is 1.40. The van der Waals surface area contributed by atoms with Crippen molar-refractivity contribution < 1.29 is 0 Å². The van der Waals surface area contributed by atoms with E-state index in [0.29, 0.717) is 21.7 Å². The van der Waals surface area contributed by atoms with Gasteiger partial charge in [0.15, 0.2) is 11.0 Å². The Morgan fingerprint density at radius 2 is 1.89 bits per heavy atom. The summed E-state index contributed by atoms with van der Waals surface area (Å²) < 4.78 is 2.05. The highest BCUT2D eigenvalue weighted by Gasteiger charge is 2.19. The van der Waals surface area contributed by atoms with E-state index in [1.807, 2.05) is 60.9 Å². The molecule has 2 heterocycles. The van der Waals surface area contributed by atoms with Gasteiger partial charge in [0.25, 0.3) is 5.56 Å². The molecule has 4 aromatic rings. The van der Waals surface area contributed by atoms with Gasteiger partial charge in [0.1, 0.15) is 5.82 Å². The van der Waals surface area contributed by atoms with Crippen molar-refractivity contribution in [3.63, 3.8) is 0 Å². The second kappa shape index (κ2) is 7.77. The van der Waals surface area contributed by atoms with Gasteiger partial charge in [0, 0.05) is 17.1 Å². The molecule has 2 aromatic carbocycles. The van der Waals surface area contributed by atoms with Crippen LogP contribution in [0.4, 0.5) is 0 Å². The molecule has 0 bridgehead atoms. The molecule has 0 amide bonds. The van der Waals surface area contributed by atoms with Crippen LogP contribution in [-0.2, 0) is 6.54 Å². The number of rotatable bonds is 5. The predicted molar refractivity (Wildman–Crippen MR) is 113 cm³/mol. The zero-order chi connectivity index (χ0) is 19.7. The van der Waals surface area contributed by atoms with Gasteiger partial charge in [0.05, 0.1) is 16.2 Å². The Balaban J connectivity index is 1.66. The minimum Gasteiger partial charge on any atom is -0.309 e. The Labute approximate surface area is 171 Å². The quantitative estimate of drug-likeness (QED) is 0.481. The highest BCUT2D eigenvalue weighted by molar-refractivity contribution is 7.99. The summed E-state index contributed by atoms with van der Waals surface area (Å²) in [6.07, 6.45) is 0. The first-order valence-corrected chi connectivity index (χ1v) is 10.2. The van der Waals surface area contributed by atoms with Crippen LogP contribution in [-0.4, -0.2) is 24.7 Å². The molecule has 1 N–H and O–H groups in total. The Hall–Kier alpha value is -2.64. The Morgan fingerprint density at radius 3 is 2.64 bits per heavy atom. The average Bonchev–Trinajstić information content (AvgIpc) is 3.11. The van der Waals surface area contributed by atoms with Crippen LogP contribution in [0.3, 0.4) is 0 Å². The number of benzene rings is 2. The molecule has 0 radical (unpaired) electrons. The van der Waals surface area contributed by atoms with Crippen LogP contribution >= 0.6 is 23.4 Å². The molecular formula is C20H18ClN5OS. The van der Waals surface area contributed by atoms with E-state index in [4.69, 9.17) is 11.6 Å². The molecule has 0 saturated heterocycles. The van der Waals surface area contributed by atoms with Crippen LogP contribution in [0, 0.1) is 0 Å². The van der Waals surface area contributed by atoms with E-state index < -0.39 is 0 Å². The van der Waals surface area contributed by atoms with E-state index in [-0.39, 0.29) is 10.8 Å². The van der Waals surface area contributed by atoms with Crippen molar-refractivity contribution in [1.82, 2.24) is 24.7 Å². The van der Waals surface area contributed by atoms with Crippen molar-refractivity contribution in [3.05, 3.63) is 69.7 Å². The lowest BCUT2D eigenvalue weighted by molar-refractivity contribution is 0.685. The number of hydrogen-bond acceptors (Lipinski definition) is 5. The van der Waals surface area contributed by atoms with Gasteiger partial charge in [-0.05, 0) is 50.2 Å². The van der Waals surface area contributed by atoms with Crippen LogP contribution < -0.4 is 5.56 Å². The zero-order valence-corrected chi connectivity index (χ0v) is 17.0. The number of thioether (sulfide) groups is 1. The third-order valence-corrected chi connectivity index (χ3v) is 5.78. The summed E-state index contributed by atoms with van der Waals surface area (Å²) in [4.78, 5) is 19.9. The number of aromatic nitrogens is 5. The summed E-state index contributed by atoms with van der Waals surface area (Å²) >= 11 is 7.50. The highest BCUT2D eigenvalue weighted by Crippen LogP contribution is 2.34. The summed E-state index contributed by atoms with van der Waals surface area (Å²) in [6, 6.07) is 14.9. The number of para-hydroxylation sites is 1. The normalized spacial score (nSPS) is 12.4. The second-order valence-electron chi connectivity index (χ2n) is 6.29. The first-order valence-electron chi connectivity index (χ1n) is 8.91. The average molecular weight is 412 g/mol. The molecule has 0 saturated carbocycles. The van der Waals surface area contributed by atoms with Crippen molar-refractivity contribution in [2.75, 3.05) is 0 Å². The summed E-state index contributed by atoms with van der Waals surface area (Å²) in [5, 5.41) is 10.7. The standard InChI is InChI=1S/C20H18ClN5OS/c1-3-26-18(13-8-10-14(21)11-9-13)24-25-20(26)28-12(2)17-22-16-7-5-4-6-15(16)19(27)23-17/h4-12H,3H2,1-2H3,(H,22,23,27). The number of nitrogens with zero attached hydrogens (tertiary/aromatic N) is 4. The molecule has 8 heteroatoms. The number of hydrogen-bond donors (Lipinski definition) is 1. The van der Waals surface area contributed by atoms with Crippen molar-refractivity contribution >= 4 is 34.3 Å². The van der Waals surface area contributed by atoms with Crippen LogP contribution in [0.1, 0.15) is 24.9 Å². The molecule has 28 heavy (non-hydrogen) atoms. The van der Waals surface area contributed by atoms with Crippen molar-refractivity contribution in [2.45, 2.75) is 30.8 Å². The summed E-state index contributed by atoms with van der Waals surface area (Å²) in [5.41, 5.74) is 1.51. The van der Waals surface area contributed by atoms with Crippen LogP contribution in [0.2, 0.25) is 5.02 Å². The molecule has 1 unspecified atom stereocenters.